The molecule has 0 radical (unpaired) electrons. The molecule has 0 unspecified atom stereocenters. The summed E-state index contributed by atoms with van der Waals surface area (Å²) in [5, 5.41) is 18.1. The number of aryl methyl sites for hydroxylation is 1. The van der Waals surface area contributed by atoms with Crippen LogP contribution >= 0.6 is 0 Å². The first-order valence-electron chi connectivity index (χ1n) is 8.79. The Morgan fingerprint density at radius 2 is 2.26 bits per heavy atom. The first-order valence-corrected chi connectivity index (χ1v) is 8.79. The maximum absolute atomic E-state index is 12.6. The monoisotopic (exact) mass is 368 g/mol. The van der Waals surface area contributed by atoms with E-state index in [9.17, 15) is 4.79 Å². The highest BCUT2D eigenvalue weighted by molar-refractivity contribution is 5.91. The van der Waals surface area contributed by atoms with Gasteiger partial charge in [-0.05, 0) is 47.9 Å². The summed E-state index contributed by atoms with van der Waals surface area (Å²) in [5.74, 6) is 1.54. The van der Waals surface area contributed by atoms with E-state index in [1.54, 1.807) is 7.05 Å². The zero-order valence-corrected chi connectivity index (χ0v) is 15.2. The second kappa shape index (κ2) is 7.14. The standard InChI is InChI=1S/C17H20N8O2/c1-11-6-7-14(25-10-18-22-23-25)13(8-11)19-17(26)24(2)9-15-20-16(27-21-15)12-4-3-5-12/h6-8,10,12H,3-5,9H2,1-2H3,(H,19,26). The number of nitrogens with zero attached hydrogens (tertiary/aromatic N) is 7. The average Bonchev–Trinajstić information content (AvgIpc) is 3.26. The van der Waals surface area contributed by atoms with Gasteiger partial charge in [-0.2, -0.15) is 9.67 Å². The molecule has 1 saturated carbocycles. The molecule has 10 heteroatoms. The minimum absolute atomic E-state index is 0.258. The molecule has 0 aliphatic heterocycles. The SMILES string of the molecule is Cc1ccc(-n2cnnn2)c(NC(=O)N(C)Cc2noc(C3CCC3)n2)c1. The number of carbonyl (C=O) groups is 1. The van der Waals surface area contributed by atoms with Crippen LogP contribution in [0.1, 0.15) is 42.5 Å². The summed E-state index contributed by atoms with van der Waals surface area (Å²) in [5.41, 5.74) is 2.30. The number of amides is 2. The number of urea groups is 1. The van der Waals surface area contributed by atoms with E-state index in [2.05, 4.69) is 31.0 Å². The van der Waals surface area contributed by atoms with Crippen molar-refractivity contribution in [2.75, 3.05) is 12.4 Å². The molecule has 10 nitrogen and oxygen atoms in total. The minimum Gasteiger partial charge on any atom is -0.339 e. The molecule has 3 aromatic rings. The zero-order chi connectivity index (χ0) is 18.8. The third kappa shape index (κ3) is 3.64. The molecule has 0 spiro atoms. The fourth-order valence-corrected chi connectivity index (χ4v) is 2.87. The summed E-state index contributed by atoms with van der Waals surface area (Å²) in [6, 6.07) is 5.36. The van der Waals surface area contributed by atoms with Crippen molar-refractivity contribution in [3.05, 3.63) is 41.8 Å². The Morgan fingerprint density at radius 3 is 2.96 bits per heavy atom. The second-order valence-corrected chi connectivity index (χ2v) is 6.74. The number of rotatable bonds is 5. The van der Waals surface area contributed by atoms with Gasteiger partial charge in [-0.15, -0.1) is 5.10 Å². The van der Waals surface area contributed by atoms with Gasteiger partial charge in [-0.3, -0.25) is 0 Å². The molecule has 1 aliphatic carbocycles. The molecule has 1 aromatic carbocycles. The van der Waals surface area contributed by atoms with Crippen LogP contribution in [0.2, 0.25) is 0 Å². The van der Waals surface area contributed by atoms with E-state index in [0.717, 1.165) is 18.4 Å². The van der Waals surface area contributed by atoms with Crippen molar-refractivity contribution in [2.45, 2.75) is 38.6 Å². The molecule has 2 amide bonds. The van der Waals surface area contributed by atoms with Gasteiger partial charge in [0.05, 0.1) is 17.9 Å². The number of nitrogens with one attached hydrogen (secondary N) is 1. The number of aromatic nitrogens is 6. The van der Waals surface area contributed by atoms with Gasteiger partial charge in [0.2, 0.25) is 5.89 Å². The Bertz CT molecular complexity index is 932. The Balaban J connectivity index is 1.45. The molecular formula is C17H20N8O2. The van der Waals surface area contributed by atoms with Crippen LogP contribution in [-0.2, 0) is 6.54 Å². The predicted molar refractivity (Wildman–Crippen MR) is 95.3 cm³/mol. The Kier molecular flexibility index (Phi) is 4.53. The smallest absolute Gasteiger partial charge is 0.322 e. The van der Waals surface area contributed by atoms with Crippen LogP contribution in [0.4, 0.5) is 10.5 Å². The van der Waals surface area contributed by atoms with Crippen molar-refractivity contribution in [1.82, 2.24) is 35.2 Å². The van der Waals surface area contributed by atoms with E-state index in [4.69, 9.17) is 4.52 Å². The number of hydrogen-bond acceptors (Lipinski definition) is 7. The van der Waals surface area contributed by atoms with Gasteiger partial charge in [0, 0.05) is 13.0 Å². The van der Waals surface area contributed by atoms with E-state index in [1.165, 1.54) is 22.3 Å². The fourth-order valence-electron chi connectivity index (χ4n) is 2.87. The van der Waals surface area contributed by atoms with Gasteiger partial charge in [-0.1, -0.05) is 17.6 Å². The fraction of sp³-hybridized carbons (Fsp3) is 0.412. The van der Waals surface area contributed by atoms with Crippen LogP contribution in [-0.4, -0.2) is 48.3 Å². The molecule has 1 N–H and O–H groups in total. The Hall–Kier alpha value is -3.30. The Morgan fingerprint density at radius 1 is 1.41 bits per heavy atom. The van der Waals surface area contributed by atoms with Gasteiger partial charge in [0.25, 0.3) is 0 Å². The van der Waals surface area contributed by atoms with Crippen molar-refractivity contribution >= 4 is 11.7 Å². The third-order valence-corrected chi connectivity index (χ3v) is 4.65. The van der Waals surface area contributed by atoms with E-state index < -0.39 is 0 Å². The average molecular weight is 368 g/mol. The van der Waals surface area contributed by atoms with E-state index in [-0.39, 0.29) is 12.6 Å². The lowest BCUT2D eigenvalue weighted by Crippen LogP contribution is -2.31. The molecular weight excluding hydrogens is 348 g/mol. The van der Waals surface area contributed by atoms with Crippen LogP contribution < -0.4 is 5.32 Å². The lowest BCUT2D eigenvalue weighted by Gasteiger charge is -2.20. The van der Waals surface area contributed by atoms with Crippen molar-refractivity contribution in [1.29, 1.82) is 0 Å². The lowest BCUT2D eigenvalue weighted by atomic mass is 9.85. The third-order valence-electron chi connectivity index (χ3n) is 4.65. The van der Waals surface area contributed by atoms with Crippen LogP contribution in [0.3, 0.4) is 0 Å². The van der Waals surface area contributed by atoms with Crippen LogP contribution in [0, 0.1) is 6.92 Å². The van der Waals surface area contributed by atoms with Crippen LogP contribution in [0.5, 0.6) is 0 Å². The van der Waals surface area contributed by atoms with Gasteiger partial charge < -0.3 is 14.7 Å². The molecule has 4 rings (SSSR count). The van der Waals surface area contributed by atoms with Gasteiger partial charge >= 0.3 is 6.03 Å². The second-order valence-electron chi connectivity index (χ2n) is 6.74. The molecule has 2 aromatic heterocycles. The first-order chi connectivity index (χ1) is 13.1. The molecule has 2 heterocycles. The summed E-state index contributed by atoms with van der Waals surface area (Å²) >= 11 is 0. The molecule has 1 fully saturated rings. The van der Waals surface area contributed by atoms with Crippen LogP contribution in [0.15, 0.2) is 29.0 Å². The van der Waals surface area contributed by atoms with Crippen molar-refractivity contribution in [3.8, 4) is 5.69 Å². The van der Waals surface area contributed by atoms with Gasteiger partial charge in [0.1, 0.15) is 6.33 Å². The topological polar surface area (TPSA) is 115 Å². The number of benzene rings is 1. The minimum atomic E-state index is -0.287. The highest BCUT2D eigenvalue weighted by Crippen LogP contribution is 2.35. The van der Waals surface area contributed by atoms with Crippen molar-refractivity contribution < 1.29 is 9.32 Å². The maximum Gasteiger partial charge on any atom is 0.322 e. The quantitative estimate of drug-likeness (QED) is 0.734. The highest BCUT2D eigenvalue weighted by atomic mass is 16.5. The number of carbonyl (C=O) groups excluding carboxylic acids is 1. The number of tetrazole rings is 1. The van der Waals surface area contributed by atoms with Gasteiger partial charge in [0.15, 0.2) is 5.82 Å². The normalized spacial score (nSPS) is 14.0. The molecule has 27 heavy (non-hydrogen) atoms. The molecule has 0 atom stereocenters. The number of hydrogen-bond donors (Lipinski definition) is 1. The highest BCUT2D eigenvalue weighted by Gasteiger charge is 2.26. The van der Waals surface area contributed by atoms with E-state index in [0.29, 0.717) is 29.0 Å². The predicted octanol–water partition coefficient (Wildman–Crippen LogP) is 2.29. The van der Waals surface area contributed by atoms with Crippen LogP contribution in [0.25, 0.3) is 5.69 Å². The molecule has 140 valence electrons. The molecule has 0 saturated heterocycles. The first kappa shape index (κ1) is 17.1. The summed E-state index contributed by atoms with van der Waals surface area (Å²) in [6.07, 6.45) is 4.85. The number of anilines is 1. The molecule has 0 bridgehead atoms. The lowest BCUT2D eigenvalue weighted by molar-refractivity contribution is 0.219. The summed E-state index contributed by atoms with van der Waals surface area (Å²) in [4.78, 5) is 18.5. The largest absolute Gasteiger partial charge is 0.339 e. The summed E-state index contributed by atoms with van der Waals surface area (Å²) < 4.78 is 6.81. The molecule has 1 aliphatic rings. The van der Waals surface area contributed by atoms with Gasteiger partial charge in [-0.25, -0.2) is 4.79 Å². The van der Waals surface area contributed by atoms with E-state index >= 15 is 0 Å². The van der Waals surface area contributed by atoms with E-state index in [1.807, 2.05) is 25.1 Å². The summed E-state index contributed by atoms with van der Waals surface area (Å²) in [6.45, 7) is 2.21. The summed E-state index contributed by atoms with van der Waals surface area (Å²) in [7, 11) is 1.68. The zero-order valence-electron chi connectivity index (χ0n) is 15.2. The van der Waals surface area contributed by atoms with Crippen molar-refractivity contribution in [3.63, 3.8) is 0 Å². The maximum atomic E-state index is 12.6. The van der Waals surface area contributed by atoms with Crippen molar-refractivity contribution in [2.24, 2.45) is 0 Å². The Labute approximate surface area is 155 Å².